The Morgan fingerprint density at radius 2 is 2.21 bits per heavy atom. The Hall–Kier alpha value is -0.610. The first kappa shape index (κ1) is 14.8. The molecule has 0 spiro atoms. The molecular weight excluding hydrogens is 307 g/mol. The van der Waals surface area contributed by atoms with Crippen molar-refractivity contribution in [3.8, 4) is 0 Å². The highest BCUT2D eigenvalue weighted by atomic mass is 79.9. The van der Waals surface area contributed by atoms with Crippen LogP contribution < -0.4 is 10.2 Å². The summed E-state index contributed by atoms with van der Waals surface area (Å²) < 4.78 is 14.9. The second kappa shape index (κ2) is 6.23. The van der Waals surface area contributed by atoms with Crippen molar-refractivity contribution in [2.45, 2.75) is 39.3 Å². The van der Waals surface area contributed by atoms with Gasteiger partial charge in [0.2, 0.25) is 0 Å². The molecule has 2 unspecified atom stereocenters. The van der Waals surface area contributed by atoms with Crippen LogP contribution in [0, 0.1) is 11.7 Å². The minimum absolute atomic E-state index is 0.147. The van der Waals surface area contributed by atoms with Crippen molar-refractivity contribution in [1.29, 1.82) is 0 Å². The van der Waals surface area contributed by atoms with Crippen LogP contribution in [-0.4, -0.2) is 25.2 Å². The van der Waals surface area contributed by atoms with Gasteiger partial charge < -0.3 is 10.2 Å². The molecule has 1 aliphatic rings. The Balaban J connectivity index is 2.16. The molecular formula is C15H22BrFN2. The van der Waals surface area contributed by atoms with E-state index in [9.17, 15) is 4.39 Å². The Labute approximate surface area is 123 Å². The van der Waals surface area contributed by atoms with Crippen molar-refractivity contribution in [1.82, 2.24) is 5.32 Å². The molecule has 0 radical (unpaired) electrons. The number of nitrogens with one attached hydrogen (secondary N) is 1. The molecule has 4 heteroatoms. The summed E-state index contributed by atoms with van der Waals surface area (Å²) in [5, 5.41) is 3.56. The number of nitrogens with zero attached hydrogens (tertiary/aromatic N) is 1. The summed E-state index contributed by atoms with van der Waals surface area (Å²) in [6.45, 7) is 8.37. The molecule has 1 heterocycles. The molecule has 2 rings (SSSR count). The molecule has 1 aliphatic heterocycles. The molecule has 106 valence electrons. The van der Waals surface area contributed by atoms with E-state index < -0.39 is 0 Å². The van der Waals surface area contributed by atoms with E-state index in [4.69, 9.17) is 0 Å². The van der Waals surface area contributed by atoms with E-state index in [2.05, 4.69) is 46.9 Å². The van der Waals surface area contributed by atoms with E-state index in [-0.39, 0.29) is 5.82 Å². The summed E-state index contributed by atoms with van der Waals surface area (Å²) in [6, 6.07) is 6.08. The van der Waals surface area contributed by atoms with Gasteiger partial charge in [-0.1, -0.05) is 29.8 Å². The molecule has 1 aromatic carbocycles. The Morgan fingerprint density at radius 1 is 1.47 bits per heavy atom. The fourth-order valence-corrected chi connectivity index (χ4v) is 3.04. The summed E-state index contributed by atoms with van der Waals surface area (Å²) in [6.07, 6.45) is 1.13. The first-order valence-electron chi connectivity index (χ1n) is 6.92. The summed E-state index contributed by atoms with van der Waals surface area (Å²) in [5.41, 5.74) is 0.714. The maximum Gasteiger partial charge on any atom is 0.147 e. The molecule has 0 saturated carbocycles. The maximum atomic E-state index is 14.1. The third-order valence-corrected chi connectivity index (χ3v) is 4.12. The Bertz CT molecular complexity index is 436. The molecule has 1 saturated heterocycles. The standard InChI is InChI=1S/C15H22BrFN2/c1-10(2)6-13-9-19(11(3)8-18-13)15-5-4-12(16)7-14(15)17/h4-5,7,10-11,13,18H,6,8-9H2,1-3H3. The van der Waals surface area contributed by atoms with Crippen LogP contribution in [0.25, 0.3) is 0 Å². The molecule has 0 aliphatic carbocycles. The van der Waals surface area contributed by atoms with Crippen LogP contribution in [-0.2, 0) is 0 Å². The fourth-order valence-electron chi connectivity index (χ4n) is 2.71. The summed E-state index contributed by atoms with van der Waals surface area (Å²) >= 11 is 3.31. The summed E-state index contributed by atoms with van der Waals surface area (Å²) in [5.74, 6) is 0.508. The van der Waals surface area contributed by atoms with Crippen LogP contribution in [0.2, 0.25) is 0 Å². The Morgan fingerprint density at radius 3 is 2.84 bits per heavy atom. The average Bonchev–Trinajstić information content (AvgIpc) is 2.31. The molecule has 2 atom stereocenters. The molecule has 0 aromatic heterocycles. The smallest absolute Gasteiger partial charge is 0.147 e. The first-order valence-corrected chi connectivity index (χ1v) is 7.71. The van der Waals surface area contributed by atoms with Gasteiger partial charge in [0.1, 0.15) is 5.82 Å². The van der Waals surface area contributed by atoms with Gasteiger partial charge in [-0.15, -0.1) is 0 Å². The van der Waals surface area contributed by atoms with Crippen molar-refractivity contribution in [2.75, 3.05) is 18.0 Å². The van der Waals surface area contributed by atoms with Crippen molar-refractivity contribution in [2.24, 2.45) is 5.92 Å². The van der Waals surface area contributed by atoms with E-state index in [1.54, 1.807) is 6.07 Å². The van der Waals surface area contributed by atoms with Gasteiger partial charge in [0.15, 0.2) is 0 Å². The normalized spacial score (nSPS) is 24.0. The minimum atomic E-state index is -0.147. The van der Waals surface area contributed by atoms with Gasteiger partial charge >= 0.3 is 0 Å². The highest BCUT2D eigenvalue weighted by Gasteiger charge is 2.27. The number of hydrogen-bond donors (Lipinski definition) is 1. The lowest BCUT2D eigenvalue weighted by molar-refractivity contribution is 0.354. The number of hydrogen-bond acceptors (Lipinski definition) is 2. The van der Waals surface area contributed by atoms with Crippen molar-refractivity contribution >= 4 is 21.6 Å². The first-order chi connectivity index (χ1) is 8.97. The van der Waals surface area contributed by atoms with Crippen LogP contribution in [0.5, 0.6) is 0 Å². The zero-order valence-corrected chi connectivity index (χ0v) is 13.4. The summed E-state index contributed by atoms with van der Waals surface area (Å²) in [7, 11) is 0. The minimum Gasteiger partial charge on any atom is -0.364 e. The number of benzene rings is 1. The number of piperazine rings is 1. The van der Waals surface area contributed by atoms with E-state index >= 15 is 0 Å². The molecule has 0 bridgehead atoms. The van der Waals surface area contributed by atoms with Crippen LogP contribution in [0.3, 0.4) is 0 Å². The Kier molecular flexibility index (Phi) is 4.85. The molecule has 1 aromatic rings. The van der Waals surface area contributed by atoms with Crippen molar-refractivity contribution < 1.29 is 4.39 Å². The van der Waals surface area contributed by atoms with Crippen LogP contribution in [0.4, 0.5) is 10.1 Å². The number of halogens is 2. The topological polar surface area (TPSA) is 15.3 Å². The van der Waals surface area contributed by atoms with Gasteiger partial charge in [-0.3, -0.25) is 0 Å². The predicted octanol–water partition coefficient (Wildman–Crippen LogP) is 3.80. The van der Waals surface area contributed by atoms with Crippen LogP contribution in [0.15, 0.2) is 22.7 Å². The van der Waals surface area contributed by atoms with Crippen molar-refractivity contribution in [3.05, 3.63) is 28.5 Å². The van der Waals surface area contributed by atoms with Crippen LogP contribution in [0.1, 0.15) is 27.2 Å². The zero-order chi connectivity index (χ0) is 14.0. The third-order valence-electron chi connectivity index (χ3n) is 3.63. The van der Waals surface area contributed by atoms with Gasteiger partial charge in [0, 0.05) is 29.6 Å². The molecule has 2 nitrogen and oxygen atoms in total. The quantitative estimate of drug-likeness (QED) is 0.907. The lowest BCUT2D eigenvalue weighted by Crippen LogP contribution is -2.56. The van der Waals surface area contributed by atoms with Gasteiger partial charge in [-0.05, 0) is 37.5 Å². The lowest BCUT2D eigenvalue weighted by atomic mass is 9.99. The monoisotopic (exact) mass is 328 g/mol. The van der Waals surface area contributed by atoms with Gasteiger partial charge in [-0.25, -0.2) is 4.39 Å². The SMILES string of the molecule is CC(C)CC1CN(c2ccc(Br)cc2F)C(C)CN1. The molecule has 1 fully saturated rings. The molecule has 0 amide bonds. The predicted molar refractivity (Wildman–Crippen MR) is 82.2 cm³/mol. The largest absolute Gasteiger partial charge is 0.364 e. The molecule has 19 heavy (non-hydrogen) atoms. The maximum absolute atomic E-state index is 14.1. The second-order valence-corrected chi connectivity index (χ2v) is 6.75. The van der Waals surface area contributed by atoms with E-state index in [1.165, 1.54) is 0 Å². The highest BCUT2D eigenvalue weighted by molar-refractivity contribution is 9.10. The van der Waals surface area contributed by atoms with E-state index in [1.807, 2.05) is 12.1 Å². The average molecular weight is 329 g/mol. The summed E-state index contributed by atoms with van der Waals surface area (Å²) in [4.78, 5) is 2.19. The van der Waals surface area contributed by atoms with Crippen LogP contribution >= 0.6 is 15.9 Å². The third kappa shape index (κ3) is 3.69. The van der Waals surface area contributed by atoms with E-state index in [0.29, 0.717) is 23.7 Å². The van der Waals surface area contributed by atoms with Gasteiger partial charge in [-0.2, -0.15) is 0 Å². The van der Waals surface area contributed by atoms with Crippen molar-refractivity contribution in [3.63, 3.8) is 0 Å². The number of rotatable bonds is 3. The number of anilines is 1. The van der Waals surface area contributed by atoms with Gasteiger partial charge in [0.25, 0.3) is 0 Å². The fraction of sp³-hybridized carbons (Fsp3) is 0.600. The lowest BCUT2D eigenvalue weighted by Gasteiger charge is -2.41. The second-order valence-electron chi connectivity index (χ2n) is 5.83. The van der Waals surface area contributed by atoms with E-state index in [0.717, 1.165) is 24.0 Å². The highest BCUT2D eigenvalue weighted by Crippen LogP contribution is 2.27. The van der Waals surface area contributed by atoms with Gasteiger partial charge in [0.05, 0.1) is 5.69 Å². The zero-order valence-electron chi connectivity index (χ0n) is 11.8. The molecule has 1 N–H and O–H groups in total.